The lowest BCUT2D eigenvalue weighted by Crippen LogP contribution is -2.33. The summed E-state index contributed by atoms with van der Waals surface area (Å²) in [5.41, 5.74) is -2.11. The van der Waals surface area contributed by atoms with Gasteiger partial charge < -0.3 is 4.74 Å². The lowest BCUT2D eigenvalue weighted by molar-refractivity contribution is -0.0890. The van der Waals surface area contributed by atoms with Gasteiger partial charge in [-0.2, -0.15) is 8.78 Å². The molecule has 1 aromatic heterocycles. The predicted molar refractivity (Wildman–Crippen MR) is 69.9 cm³/mol. The number of rotatable bonds is 3. The maximum atomic E-state index is 14.6. The molecule has 0 N–H and O–H groups in total. The van der Waals surface area contributed by atoms with Crippen molar-refractivity contribution in [2.75, 3.05) is 6.61 Å². The van der Waals surface area contributed by atoms with E-state index >= 15 is 0 Å². The molecule has 0 spiro atoms. The van der Waals surface area contributed by atoms with Gasteiger partial charge in [-0.3, -0.25) is 4.98 Å². The first-order valence-corrected chi connectivity index (χ1v) is 6.65. The van der Waals surface area contributed by atoms with Crippen LogP contribution >= 0.6 is 15.9 Å². The summed E-state index contributed by atoms with van der Waals surface area (Å²) in [6, 6.07) is 7.81. The normalized spacial score (nSPS) is 21.8. The highest BCUT2D eigenvalue weighted by atomic mass is 79.9. The summed E-state index contributed by atoms with van der Waals surface area (Å²) in [4.78, 5) is 3.73. The van der Waals surface area contributed by atoms with Crippen molar-refractivity contribution >= 4 is 15.9 Å². The maximum absolute atomic E-state index is 14.6. The van der Waals surface area contributed by atoms with Gasteiger partial charge >= 0.3 is 5.92 Å². The third kappa shape index (κ3) is 2.03. The van der Waals surface area contributed by atoms with Crippen molar-refractivity contribution in [3.63, 3.8) is 0 Å². The summed E-state index contributed by atoms with van der Waals surface area (Å²) in [7, 11) is 0. The Balaban J connectivity index is 2.04. The van der Waals surface area contributed by atoms with Gasteiger partial charge in [0.05, 0.1) is 6.61 Å². The average Bonchev–Trinajstić information content (AvgIpc) is 3.21. The topological polar surface area (TPSA) is 25.4 Å². The van der Waals surface area contributed by atoms with Gasteiger partial charge in [-0.1, -0.05) is 12.1 Å². The molecule has 1 unspecified atom stereocenters. The molecule has 1 atom stereocenters. The Morgan fingerprint density at radius 2 is 2.00 bits per heavy atom. The Morgan fingerprint density at radius 1 is 1.25 bits per heavy atom. The molecule has 104 valence electrons. The van der Waals surface area contributed by atoms with Crippen molar-refractivity contribution in [1.82, 2.24) is 4.98 Å². The molecule has 1 aliphatic rings. The Bertz CT molecular complexity index is 641. The smallest absolute Gasteiger partial charge is 0.324 e. The van der Waals surface area contributed by atoms with E-state index < -0.39 is 23.0 Å². The number of aromatic nitrogens is 1. The number of epoxide rings is 1. The minimum atomic E-state index is -3.33. The number of nitrogens with zero attached hydrogens (tertiary/aromatic N) is 1. The molecular formula is C14H9BrF3NO. The highest BCUT2D eigenvalue weighted by Crippen LogP contribution is 2.55. The minimum Gasteiger partial charge on any atom is -0.357 e. The molecule has 1 saturated heterocycles. The van der Waals surface area contributed by atoms with E-state index in [1.54, 1.807) is 0 Å². The summed E-state index contributed by atoms with van der Waals surface area (Å²) >= 11 is 3.14. The molecule has 6 heteroatoms. The van der Waals surface area contributed by atoms with Gasteiger partial charge in [-0.15, -0.1) is 0 Å². The highest BCUT2D eigenvalue weighted by molar-refractivity contribution is 9.10. The van der Waals surface area contributed by atoms with Crippen LogP contribution in [-0.4, -0.2) is 11.6 Å². The molecular weight excluding hydrogens is 335 g/mol. The van der Waals surface area contributed by atoms with Gasteiger partial charge in [0.15, 0.2) is 5.60 Å². The lowest BCUT2D eigenvalue weighted by atomic mass is 9.90. The fraction of sp³-hybridized carbons (Fsp3) is 0.214. The first-order chi connectivity index (χ1) is 9.46. The Morgan fingerprint density at radius 3 is 2.55 bits per heavy atom. The molecule has 3 rings (SSSR count). The van der Waals surface area contributed by atoms with Gasteiger partial charge in [0.2, 0.25) is 0 Å². The fourth-order valence-electron chi connectivity index (χ4n) is 2.11. The summed E-state index contributed by atoms with van der Waals surface area (Å²) in [5, 5.41) is 0. The second kappa shape index (κ2) is 4.56. The Kier molecular flexibility index (Phi) is 3.10. The first-order valence-electron chi connectivity index (χ1n) is 5.85. The van der Waals surface area contributed by atoms with E-state index in [-0.39, 0.29) is 12.2 Å². The van der Waals surface area contributed by atoms with Crippen LogP contribution in [0.15, 0.2) is 47.1 Å². The van der Waals surface area contributed by atoms with Gasteiger partial charge in [-0.05, 0) is 45.8 Å². The lowest BCUT2D eigenvalue weighted by Gasteiger charge is -2.23. The molecule has 0 bridgehead atoms. The highest BCUT2D eigenvalue weighted by Gasteiger charge is 2.67. The van der Waals surface area contributed by atoms with Crippen LogP contribution in [0.2, 0.25) is 0 Å². The predicted octanol–water partition coefficient (Wildman–Crippen LogP) is 4.00. The number of alkyl halides is 2. The van der Waals surface area contributed by atoms with Crippen molar-refractivity contribution in [3.05, 3.63) is 64.1 Å². The summed E-state index contributed by atoms with van der Waals surface area (Å²) in [6.45, 7) is -0.165. The molecule has 0 aliphatic carbocycles. The van der Waals surface area contributed by atoms with Crippen molar-refractivity contribution in [2.45, 2.75) is 11.5 Å². The zero-order valence-corrected chi connectivity index (χ0v) is 11.7. The monoisotopic (exact) mass is 343 g/mol. The molecule has 1 aliphatic heterocycles. The number of hydrogen-bond acceptors (Lipinski definition) is 2. The van der Waals surface area contributed by atoms with Crippen LogP contribution in [0.5, 0.6) is 0 Å². The standard InChI is InChI=1S/C14H9BrF3NO/c15-10-4-5-12(19-7-10)14(17,18)13(8-20-13)9-2-1-3-11(16)6-9/h1-7H,8H2. The molecule has 2 aromatic rings. The van der Waals surface area contributed by atoms with E-state index in [0.29, 0.717) is 4.47 Å². The van der Waals surface area contributed by atoms with Crippen LogP contribution in [0.25, 0.3) is 0 Å². The SMILES string of the molecule is Fc1cccc(C2(C(F)(F)c3ccc(Br)cn3)CO2)c1. The molecule has 0 amide bonds. The van der Waals surface area contributed by atoms with Gasteiger partial charge in [0, 0.05) is 10.7 Å². The van der Waals surface area contributed by atoms with E-state index in [1.807, 2.05) is 0 Å². The van der Waals surface area contributed by atoms with Crippen LogP contribution < -0.4 is 0 Å². The van der Waals surface area contributed by atoms with E-state index in [0.717, 1.165) is 6.07 Å². The quantitative estimate of drug-likeness (QED) is 0.787. The third-order valence-corrected chi connectivity index (χ3v) is 3.75. The molecule has 1 fully saturated rings. The number of pyridine rings is 1. The molecule has 1 aromatic carbocycles. The minimum absolute atomic E-state index is 0.118. The molecule has 0 saturated carbocycles. The van der Waals surface area contributed by atoms with Gasteiger partial charge in [0.1, 0.15) is 11.5 Å². The van der Waals surface area contributed by atoms with Crippen LogP contribution in [0.3, 0.4) is 0 Å². The second-order valence-corrected chi connectivity index (χ2v) is 5.48. The average molecular weight is 344 g/mol. The fourth-order valence-corrected chi connectivity index (χ4v) is 2.34. The van der Waals surface area contributed by atoms with Crippen LogP contribution in [-0.2, 0) is 16.3 Å². The Hall–Kier alpha value is -1.40. The van der Waals surface area contributed by atoms with E-state index in [4.69, 9.17) is 4.74 Å². The summed E-state index contributed by atoms with van der Waals surface area (Å²) in [6.07, 6.45) is 1.30. The Labute approximate surface area is 121 Å². The number of halogens is 4. The summed E-state index contributed by atoms with van der Waals surface area (Å²) in [5.74, 6) is -3.90. The molecule has 2 nitrogen and oxygen atoms in total. The number of ether oxygens (including phenoxy) is 1. The van der Waals surface area contributed by atoms with Crippen LogP contribution in [0, 0.1) is 5.82 Å². The van der Waals surface area contributed by atoms with Gasteiger partial charge in [-0.25, -0.2) is 4.39 Å². The van der Waals surface area contributed by atoms with E-state index in [1.165, 1.54) is 36.5 Å². The second-order valence-electron chi connectivity index (χ2n) is 4.56. The largest absolute Gasteiger partial charge is 0.357 e. The maximum Gasteiger partial charge on any atom is 0.324 e. The molecule has 20 heavy (non-hydrogen) atoms. The molecule has 0 radical (unpaired) electrons. The zero-order chi connectivity index (χ0) is 14.4. The van der Waals surface area contributed by atoms with E-state index in [2.05, 4.69) is 20.9 Å². The van der Waals surface area contributed by atoms with Gasteiger partial charge in [0.25, 0.3) is 0 Å². The van der Waals surface area contributed by atoms with E-state index in [9.17, 15) is 13.2 Å². The van der Waals surface area contributed by atoms with Crippen LogP contribution in [0.4, 0.5) is 13.2 Å². The number of hydrogen-bond donors (Lipinski definition) is 0. The molecule has 2 heterocycles. The van der Waals surface area contributed by atoms with Crippen molar-refractivity contribution in [3.8, 4) is 0 Å². The number of benzene rings is 1. The summed E-state index contributed by atoms with van der Waals surface area (Å²) < 4.78 is 48.1. The first kappa shape index (κ1) is 13.6. The van der Waals surface area contributed by atoms with Crippen LogP contribution in [0.1, 0.15) is 11.3 Å². The van der Waals surface area contributed by atoms with Crippen molar-refractivity contribution < 1.29 is 17.9 Å². The zero-order valence-electron chi connectivity index (χ0n) is 10.1. The van der Waals surface area contributed by atoms with Crippen molar-refractivity contribution in [1.29, 1.82) is 0 Å². The third-order valence-electron chi connectivity index (χ3n) is 3.28. The van der Waals surface area contributed by atoms with Crippen molar-refractivity contribution in [2.24, 2.45) is 0 Å².